The highest BCUT2D eigenvalue weighted by molar-refractivity contribution is 7.86. The Bertz CT molecular complexity index is 705. The fourth-order valence-corrected chi connectivity index (χ4v) is 6.46. The molecule has 23 heavy (non-hydrogen) atoms. The Morgan fingerprint density at radius 2 is 1.09 bits per heavy atom. The molecule has 0 heterocycles. The van der Waals surface area contributed by atoms with Crippen LogP contribution in [0, 0.1) is 0 Å². The average molecular weight is 338 g/mol. The lowest BCUT2D eigenvalue weighted by molar-refractivity contribution is 0.684. The summed E-state index contributed by atoms with van der Waals surface area (Å²) in [6, 6.07) is 30.9. The molecule has 0 aliphatic heterocycles. The van der Waals surface area contributed by atoms with E-state index in [1.807, 2.05) is 42.5 Å². The fourth-order valence-electron chi connectivity index (χ4n) is 2.49. The van der Waals surface area contributed by atoms with Gasteiger partial charge in [-0.2, -0.15) is 0 Å². The van der Waals surface area contributed by atoms with Crippen LogP contribution in [0.4, 0.5) is 0 Å². The van der Waals surface area contributed by atoms with Crippen molar-refractivity contribution in [3.05, 3.63) is 91.0 Å². The van der Waals surface area contributed by atoms with E-state index in [2.05, 4.69) is 48.5 Å². The molecule has 1 nitrogen and oxygen atoms in total. The van der Waals surface area contributed by atoms with Crippen LogP contribution in [0.1, 0.15) is 0 Å². The maximum atomic E-state index is 12.5. The molecule has 0 aliphatic carbocycles. The Morgan fingerprint density at radius 3 is 1.57 bits per heavy atom. The molecular weight excluding hydrogens is 319 g/mol. The summed E-state index contributed by atoms with van der Waals surface area (Å²) in [5.74, 6) is 0.694. The summed E-state index contributed by atoms with van der Waals surface area (Å²) in [6.45, 7) is 0. The summed E-state index contributed by atoms with van der Waals surface area (Å²) in [7, 11) is -1.40. The fraction of sp³-hybridized carbons (Fsp3) is 0.100. The molecule has 0 unspecified atom stereocenters. The van der Waals surface area contributed by atoms with Crippen LogP contribution < -0.4 is 10.6 Å². The molecular formula is C20H19OPS. The Hall–Kier alpha value is -1.76. The standard InChI is InChI=1S/C20H19OPS/c21-23(20-14-8-3-9-15-20)17-16-22(18-10-4-1-5-11-18)19-12-6-2-7-13-19/h1-15H,16-17H2/t23-/m1/s1. The number of rotatable bonds is 6. The van der Waals surface area contributed by atoms with Crippen molar-refractivity contribution < 1.29 is 4.21 Å². The molecule has 0 saturated heterocycles. The van der Waals surface area contributed by atoms with Gasteiger partial charge in [0, 0.05) is 10.6 Å². The van der Waals surface area contributed by atoms with Gasteiger partial charge in [0.05, 0.1) is 10.8 Å². The molecule has 116 valence electrons. The topological polar surface area (TPSA) is 17.1 Å². The predicted octanol–water partition coefficient (Wildman–Crippen LogP) is 3.93. The maximum Gasteiger partial charge on any atom is 0.0533 e. The Labute approximate surface area is 141 Å². The molecule has 1 atom stereocenters. The third kappa shape index (κ3) is 4.37. The van der Waals surface area contributed by atoms with Crippen molar-refractivity contribution in [2.75, 3.05) is 11.9 Å². The first-order chi connectivity index (χ1) is 11.3. The van der Waals surface area contributed by atoms with Crippen LogP contribution >= 0.6 is 7.92 Å². The zero-order valence-corrected chi connectivity index (χ0v) is 14.5. The van der Waals surface area contributed by atoms with Gasteiger partial charge in [-0.05, 0) is 36.8 Å². The summed E-state index contributed by atoms with van der Waals surface area (Å²) >= 11 is 0. The molecule has 3 rings (SSSR count). The summed E-state index contributed by atoms with van der Waals surface area (Å²) in [5.41, 5.74) is 0. The number of hydrogen-bond donors (Lipinski definition) is 0. The van der Waals surface area contributed by atoms with Crippen molar-refractivity contribution in [3.63, 3.8) is 0 Å². The Kier molecular flexibility index (Phi) is 5.74. The summed E-state index contributed by atoms with van der Waals surface area (Å²) in [4.78, 5) is 0.920. The van der Waals surface area contributed by atoms with E-state index in [4.69, 9.17) is 0 Å². The predicted molar refractivity (Wildman–Crippen MR) is 102 cm³/mol. The highest BCUT2D eigenvalue weighted by atomic mass is 32.2. The second-order valence-corrected chi connectivity index (χ2v) is 9.09. The number of benzene rings is 3. The first-order valence-electron chi connectivity index (χ1n) is 7.65. The molecule has 3 aromatic rings. The third-order valence-electron chi connectivity index (χ3n) is 3.64. The monoisotopic (exact) mass is 338 g/mol. The van der Waals surface area contributed by atoms with Crippen molar-refractivity contribution in [3.8, 4) is 0 Å². The van der Waals surface area contributed by atoms with Gasteiger partial charge in [0.1, 0.15) is 0 Å². The van der Waals surface area contributed by atoms with Crippen LogP contribution in [0.5, 0.6) is 0 Å². The Balaban J connectivity index is 1.79. The van der Waals surface area contributed by atoms with E-state index < -0.39 is 18.7 Å². The highest BCUT2D eigenvalue weighted by Gasteiger charge is 2.15. The molecule has 0 aliphatic rings. The van der Waals surface area contributed by atoms with Gasteiger partial charge in [-0.15, -0.1) is 0 Å². The first-order valence-corrected chi connectivity index (χ1v) is 10.5. The van der Waals surface area contributed by atoms with Crippen LogP contribution in [0.3, 0.4) is 0 Å². The van der Waals surface area contributed by atoms with Gasteiger partial charge in [-0.3, -0.25) is 4.21 Å². The van der Waals surface area contributed by atoms with Gasteiger partial charge in [-0.1, -0.05) is 78.9 Å². The van der Waals surface area contributed by atoms with E-state index in [0.717, 1.165) is 11.1 Å². The summed E-state index contributed by atoms with van der Waals surface area (Å²) in [6.07, 6.45) is 0.935. The molecule has 0 saturated carbocycles. The zero-order chi connectivity index (χ0) is 15.9. The first kappa shape index (κ1) is 16.1. The summed E-state index contributed by atoms with van der Waals surface area (Å²) < 4.78 is 12.5. The van der Waals surface area contributed by atoms with E-state index in [1.54, 1.807) is 0 Å². The van der Waals surface area contributed by atoms with Crippen molar-refractivity contribution >= 4 is 29.3 Å². The van der Waals surface area contributed by atoms with E-state index in [0.29, 0.717) is 5.75 Å². The molecule has 0 fully saturated rings. The van der Waals surface area contributed by atoms with Crippen molar-refractivity contribution in [1.29, 1.82) is 0 Å². The number of hydrogen-bond acceptors (Lipinski definition) is 1. The van der Waals surface area contributed by atoms with Gasteiger partial charge in [0.2, 0.25) is 0 Å². The molecule has 3 aromatic carbocycles. The second kappa shape index (κ2) is 8.19. The van der Waals surface area contributed by atoms with E-state index in [9.17, 15) is 4.21 Å². The van der Waals surface area contributed by atoms with E-state index in [-0.39, 0.29) is 0 Å². The van der Waals surface area contributed by atoms with Crippen LogP contribution in [0.15, 0.2) is 95.9 Å². The molecule has 0 bridgehead atoms. The van der Waals surface area contributed by atoms with E-state index in [1.165, 1.54) is 10.6 Å². The Morgan fingerprint density at radius 1 is 0.652 bits per heavy atom. The average Bonchev–Trinajstić information content (AvgIpc) is 2.64. The zero-order valence-electron chi connectivity index (χ0n) is 12.8. The lowest BCUT2D eigenvalue weighted by atomic mass is 10.4. The van der Waals surface area contributed by atoms with Crippen molar-refractivity contribution in [1.82, 2.24) is 0 Å². The molecule has 0 aromatic heterocycles. The molecule has 3 heteroatoms. The minimum absolute atomic E-state index is 0.467. The molecule has 0 spiro atoms. The second-order valence-electron chi connectivity index (χ2n) is 5.19. The van der Waals surface area contributed by atoms with Gasteiger partial charge in [-0.25, -0.2) is 0 Å². The van der Waals surface area contributed by atoms with Gasteiger partial charge in [0.25, 0.3) is 0 Å². The summed E-state index contributed by atoms with van der Waals surface area (Å²) in [5, 5.41) is 2.69. The quantitative estimate of drug-likeness (QED) is 0.623. The van der Waals surface area contributed by atoms with Crippen molar-refractivity contribution in [2.45, 2.75) is 4.90 Å². The SMILES string of the molecule is O=[S@](CCP(c1ccccc1)c1ccccc1)c1ccccc1. The van der Waals surface area contributed by atoms with Crippen LogP contribution in [-0.4, -0.2) is 16.1 Å². The molecule has 0 N–H and O–H groups in total. The minimum atomic E-state index is -0.935. The third-order valence-corrected chi connectivity index (χ3v) is 7.83. The molecule has 0 amide bonds. The maximum absolute atomic E-state index is 12.5. The van der Waals surface area contributed by atoms with Gasteiger partial charge in [0.15, 0.2) is 0 Å². The minimum Gasteiger partial charge on any atom is -0.254 e. The van der Waals surface area contributed by atoms with Crippen LogP contribution in [0.25, 0.3) is 0 Å². The van der Waals surface area contributed by atoms with Gasteiger partial charge >= 0.3 is 0 Å². The highest BCUT2D eigenvalue weighted by Crippen LogP contribution is 2.33. The molecule has 0 radical (unpaired) electrons. The largest absolute Gasteiger partial charge is 0.254 e. The normalized spacial score (nSPS) is 12.2. The smallest absolute Gasteiger partial charge is 0.0533 e. The lowest BCUT2D eigenvalue weighted by Crippen LogP contribution is -2.17. The van der Waals surface area contributed by atoms with Crippen LogP contribution in [-0.2, 0) is 10.8 Å². The van der Waals surface area contributed by atoms with E-state index >= 15 is 0 Å². The van der Waals surface area contributed by atoms with Gasteiger partial charge < -0.3 is 0 Å². The lowest BCUT2D eigenvalue weighted by Gasteiger charge is -2.18. The van der Waals surface area contributed by atoms with Crippen molar-refractivity contribution in [2.24, 2.45) is 0 Å². The van der Waals surface area contributed by atoms with Crippen LogP contribution in [0.2, 0.25) is 0 Å².